The fourth-order valence-corrected chi connectivity index (χ4v) is 2.85. The number of aromatic nitrogens is 1. The van der Waals surface area contributed by atoms with E-state index in [2.05, 4.69) is 16.6 Å². The average molecular weight is 283 g/mol. The Morgan fingerprint density at radius 3 is 2.89 bits per heavy atom. The molecule has 0 N–H and O–H groups in total. The van der Waals surface area contributed by atoms with Crippen molar-refractivity contribution >= 4 is 22.5 Å². The van der Waals surface area contributed by atoms with Crippen molar-refractivity contribution in [2.24, 2.45) is 0 Å². The highest BCUT2D eigenvalue weighted by molar-refractivity contribution is 8.68. The minimum Gasteiger partial charge on any atom is -0.441 e. The zero-order valence-corrected chi connectivity index (χ0v) is 11.9. The molecule has 96 valence electrons. The van der Waals surface area contributed by atoms with Crippen molar-refractivity contribution in [3.8, 4) is 11.3 Å². The van der Waals surface area contributed by atoms with Gasteiger partial charge in [0.25, 0.3) is 0 Å². The summed E-state index contributed by atoms with van der Waals surface area (Å²) in [5.74, 6) is 1.95. The van der Waals surface area contributed by atoms with E-state index in [9.17, 15) is 4.39 Å². The first kappa shape index (κ1) is 13.5. The van der Waals surface area contributed by atoms with Crippen molar-refractivity contribution < 1.29 is 8.81 Å². The van der Waals surface area contributed by atoms with E-state index in [0.29, 0.717) is 17.2 Å². The molecule has 1 heterocycles. The van der Waals surface area contributed by atoms with E-state index < -0.39 is 0 Å². The molecule has 1 aromatic heterocycles. The first-order valence-electron chi connectivity index (χ1n) is 5.60. The Bertz CT molecular complexity index is 542. The summed E-state index contributed by atoms with van der Waals surface area (Å²) in [5.41, 5.74) is 1.53. The van der Waals surface area contributed by atoms with Gasteiger partial charge in [0.15, 0.2) is 11.7 Å². The zero-order valence-electron chi connectivity index (χ0n) is 10.2. The lowest BCUT2D eigenvalue weighted by molar-refractivity contribution is 0.534. The second-order valence-electron chi connectivity index (χ2n) is 4.18. The molecule has 2 rings (SSSR count). The van der Waals surface area contributed by atoms with Gasteiger partial charge in [0, 0.05) is 18.2 Å². The van der Waals surface area contributed by atoms with Crippen molar-refractivity contribution in [3.05, 3.63) is 41.7 Å². The standard InChI is InChI=1S/C13H14FNOS2/c1-8(7-18-17)11-5-10(3-4-12(11)14)13-6-15-9(2)16-13/h3-6,8,17H,7H2,1-2H3. The van der Waals surface area contributed by atoms with Crippen LogP contribution in [-0.4, -0.2) is 10.7 Å². The summed E-state index contributed by atoms with van der Waals surface area (Å²) in [4.78, 5) is 4.05. The van der Waals surface area contributed by atoms with Gasteiger partial charge in [-0.2, -0.15) is 0 Å². The third-order valence-electron chi connectivity index (χ3n) is 2.76. The average Bonchev–Trinajstić information content (AvgIpc) is 2.77. The van der Waals surface area contributed by atoms with E-state index in [4.69, 9.17) is 4.42 Å². The first-order chi connectivity index (χ1) is 8.61. The number of hydrogen-bond acceptors (Lipinski definition) is 4. The minimum absolute atomic E-state index is 0.108. The molecule has 0 spiro atoms. The maximum Gasteiger partial charge on any atom is 0.191 e. The quantitative estimate of drug-likeness (QED) is 0.662. The lowest BCUT2D eigenvalue weighted by Crippen LogP contribution is -1.99. The number of halogens is 1. The summed E-state index contributed by atoms with van der Waals surface area (Å²) in [6, 6.07) is 5.01. The Morgan fingerprint density at radius 2 is 2.28 bits per heavy atom. The molecule has 1 unspecified atom stereocenters. The third kappa shape index (κ3) is 2.90. The molecule has 0 aliphatic carbocycles. The molecule has 0 saturated heterocycles. The van der Waals surface area contributed by atoms with Gasteiger partial charge in [-0.05, 0) is 29.7 Å². The predicted octanol–water partition coefficient (Wildman–Crippen LogP) is 4.47. The molecule has 0 aliphatic heterocycles. The van der Waals surface area contributed by atoms with Crippen molar-refractivity contribution in [3.63, 3.8) is 0 Å². The summed E-state index contributed by atoms with van der Waals surface area (Å²) in [5, 5.41) is 0. The van der Waals surface area contributed by atoms with Crippen molar-refractivity contribution in [2.75, 3.05) is 5.75 Å². The lowest BCUT2D eigenvalue weighted by Gasteiger charge is -2.12. The highest BCUT2D eigenvalue weighted by atomic mass is 33.1. The molecule has 0 saturated carbocycles. The second kappa shape index (κ2) is 5.80. The Morgan fingerprint density at radius 1 is 1.50 bits per heavy atom. The van der Waals surface area contributed by atoms with Crippen LogP contribution in [0.15, 0.2) is 28.8 Å². The van der Waals surface area contributed by atoms with Gasteiger partial charge in [0.1, 0.15) is 5.82 Å². The maximum absolute atomic E-state index is 13.8. The van der Waals surface area contributed by atoms with E-state index >= 15 is 0 Å². The van der Waals surface area contributed by atoms with E-state index in [1.54, 1.807) is 19.2 Å². The van der Waals surface area contributed by atoms with Crippen LogP contribution in [0.5, 0.6) is 0 Å². The molecule has 0 aliphatic rings. The number of rotatable bonds is 4. The van der Waals surface area contributed by atoms with Crippen LogP contribution in [-0.2, 0) is 0 Å². The lowest BCUT2D eigenvalue weighted by atomic mass is 9.99. The van der Waals surface area contributed by atoms with Crippen molar-refractivity contribution in [1.82, 2.24) is 4.98 Å². The van der Waals surface area contributed by atoms with E-state index in [1.807, 2.05) is 13.0 Å². The third-order valence-corrected chi connectivity index (χ3v) is 3.85. The van der Waals surface area contributed by atoms with Gasteiger partial charge in [0.2, 0.25) is 0 Å². The number of oxazole rings is 1. The van der Waals surface area contributed by atoms with Crippen LogP contribution in [0, 0.1) is 12.7 Å². The van der Waals surface area contributed by atoms with Crippen LogP contribution in [0.4, 0.5) is 4.39 Å². The first-order valence-corrected chi connectivity index (χ1v) is 7.64. The number of thiol groups is 1. The molecule has 0 fully saturated rings. The SMILES string of the molecule is Cc1ncc(-c2ccc(F)c(C(C)CSS)c2)o1. The van der Waals surface area contributed by atoms with Crippen LogP contribution in [0.25, 0.3) is 11.3 Å². The number of benzene rings is 1. The number of aryl methyl sites for hydroxylation is 1. The van der Waals surface area contributed by atoms with Crippen LogP contribution in [0.3, 0.4) is 0 Å². The number of nitrogens with zero attached hydrogens (tertiary/aromatic N) is 1. The molecule has 5 heteroatoms. The maximum atomic E-state index is 13.8. The smallest absolute Gasteiger partial charge is 0.191 e. The molecular weight excluding hydrogens is 269 g/mol. The molecule has 0 bridgehead atoms. The van der Waals surface area contributed by atoms with Gasteiger partial charge >= 0.3 is 0 Å². The summed E-state index contributed by atoms with van der Waals surface area (Å²) in [7, 11) is 1.41. The highest BCUT2D eigenvalue weighted by Crippen LogP contribution is 2.29. The zero-order chi connectivity index (χ0) is 13.1. The Hall–Kier alpha value is -0.940. The summed E-state index contributed by atoms with van der Waals surface area (Å²) in [6.45, 7) is 3.77. The number of hydrogen-bond donors (Lipinski definition) is 1. The molecule has 0 amide bonds. The van der Waals surface area contributed by atoms with Gasteiger partial charge < -0.3 is 4.42 Å². The molecule has 1 atom stereocenters. The Balaban J connectivity index is 2.37. The van der Waals surface area contributed by atoms with Crippen LogP contribution < -0.4 is 0 Å². The van der Waals surface area contributed by atoms with Gasteiger partial charge in [-0.15, -0.1) is 11.7 Å². The molecule has 18 heavy (non-hydrogen) atoms. The fraction of sp³-hybridized carbons (Fsp3) is 0.308. The summed E-state index contributed by atoms with van der Waals surface area (Å²) < 4.78 is 19.2. The van der Waals surface area contributed by atoms with Gasteiger partial charge in [-0.25, -0.2) is 9.37 Å². The van der Waals surface area contributed by atoms with Crippen molar-refractivity contribution in [1.29, 1.82) is 0 Å². The predicted molar refractivity (Wildman–Crippen MR) is 76.5 cm³/mol. The normalized spacial score (nSPS) is 12.7. The fourth-order valence-electron chi connectivity index (χ4n) is 1.77. The van der Waals surface area contributed by atoms with Crippen LogP contribution in [0.2, 0.25) is 0 Å². The van der Waals surface area contributed by atoms with Gasteiger partial charge in [-0.1, -0.05) is 17.7 Å². The van der Waals surface area contributed by atoms with E-state index in [1.165, 1.54) is 16.9 Å². The summed E-state index contributed by atoms with van der Waals surface area (Å²) in [6.07, 6.45) is 1.66. The molecule has 0 radical (unpaired) electrons. The highest BCUT2D eigenvalue weighted by Gasteiger charge is 2.13. The molecular formula is C13H14FNOS2. The van der Waals surface area contributed by atoms with Gasteiger partial charge in [0.05, 0.1) is 6.20 Å². The molecule has 2 nitrogen and oxygen atoms in total. The Labute approximate surface area is 115 Å². The largest absolute Gasteiger partial charge is 0.441 e. The molecule has 1 aromatic carbocycles. The second-order valence-corrected chi connectivity index (χ2v) is 5.54. The topological polar surface area (TPSA) is 26.0 Å². The Kier molecular flexibility index (Phi) is 4.35. The van der Waals surface area contributed by atoms with Crippen LogP contribution in [0.1, 0.15) is 24.3 Å². The minimum atomic E-state index is -0.190. The van der Waals surface area contributed by atoms with Crippen molar-refractivity contribution in [2.45, 2.75) is 19.8 Å². The summed E-state index contributed by atoms with van der Waals surface area (Å²) >= 11 is 4.11. The van der Waals surface area contributed by atoms with E-state index in [0.717, 1.165) is 11.3 Å². The van der Waals surface area contributed by atoms with Gasteiger partial charge in [-0.3, -0.25) is 0 Å². The van der Waals surface area contributed by atoms with Crippen LogP contribution >= 0.6 is 22.5 Å². The van der Waals surface area contributed by atoms with E-state index in [-0.39, 0.29) is 11.7 Å². The molecule has 2 aromatic rings. The monoisotopic (exact) mass is 283 g/mol.